The molecule has 0 spiro atoms. The summed E-state index contributed by atoms with van der Waals surface area (Å²) in [6, 6.07) is 17.1. The summed E-state index contributed by atoms with van der Waals surface area (Å²) >= 11 is 0. The fourth-order valence-electron chi connectivity index (χ4n) is 3.23. The van der Waals surface area contributed by atoms with Crippen LogP contribution in [-0.4, -0.2) is 32.8 Å². The Hall–Kier alpha value is -3.12. The Morgan fingerprint density at radius 3 is 2.58 bits per heavy atom. The molecule has 0 fully saturated rings. The van der Waals surface area contributed by atoms with Gasteiger partial charge in [-0.15, -0.1) is 0 Å². The van der Waals surface area contributed by atoms with Gasteiger partial charge < -0.3 is 9.84 Å². The van der Waals surface area contributed by atoms with Crippen molar-refractivity contribution in [1.82, 2.24) is 14.0 Å². The molecule has 1 N–H and O–H groups in total. The van der Waals surface area contributed by atoms with Crippen LogP contribution in [0, 0.1) is 0 Å². The number of aromatic nitrogens is 3. The molecule has 6 nitrogen and oxygen atoms in total. The van der Waals surface area contributed by atoms with Crippen LogP contribution in [0.3, 0.4) is 0 Å². The summed E-state index contributed by atoms with van der Waals surface area (Å²) < 4.78 is 8.38. The van der Waals surface area contributed by atoms with Crippen LogP contribution in [0.5, 0.6) is 5.88 Å². The van der Waals surface area contributed by atoms with E-state index in [-0.39, 0.29) is 11.4 Å². The fourth-order valence-corrected chi connectivity index (χ4v) is 3.23. The van der Waals surface area contributed by atoms with E-state index in [0.29, 0.717) is 36.4 Å². The van der Waals surface area contributed by atoms with Gasteiger partial charge >= 0.3 is 0 Å². The molecule has 0 saturated carbocycles. The highest BCUT2D eigenvalue weighted by atomic mass is 16.5. The Morgan fingerprint density at radius 2 is 1.81 bits per heavy atom. The highest BCUT2D eigenvalue weighted by Gasteiger charge is 2.20. The van der Waals surface area contributed by atoms with E-state index in [1.165, 1.54) is 0 Å². The first-order chi connectivity index (χ1) is 12.7. The Balaban J connectivity index is 2.01. The van der Waals surface area contributed by atoms with Crippen LogP contribution in [-0.2, 0) is 17.7 Å². The minimum absolute atomic E-state index is 0.0568. The SMILES string of the molecule is COCCn1c(O)c(Cc2ccccc2)c(=O)n2c3ccccc3nc12. The largest absolute Gasteiger partial charge is 0.494 e. The van der Waals surface area contributed by atoms with Gasteiger partial charge in [0.1, 0.15) is 0 Å². The van der Waals surface area contributed by atoms with E-state index in [0.717, 1.165) is 11.1 Å². The van der Waals surface area contributed by atoms with E-state index >= 15 is 0 Å². The number of hydrogen-bond acceptors (Lipinski definition) is 4. The lowest BCUT2D eigenvalue weighted by Crippen LogP contribution is -2.24. The zero-order valence-electron chi connectivity index (χ0n) is 14.4. The molecule has 2 aromatic heterocycles. The maximum Gasteiger partial charge on any atom is 0.266 e. The molecule has 0 aliphatic carbocycles. The average molecular weight is 349 g/mol. The third-order valence-corrected chi connectivity index (χ3v) is 4.51. The molecule has 6 heteroatoms. The van der Waals surface area contributed by atoms with Gasteiger partial charge in [0, 0.05) is 13.5 Å². The summed E-state index contributed by atoms with van der Waals surface area (Å²) in [5.41, 5.74) is 2.51. The van der Waals surface area contributed by atoms with Gasteiger partial charge in [-0.2, -0.15) is 0 Å². The second-order valence-electron chi connectivity index (χ2n) is 6.15. The molecule has 132 valence electrons. The number of fused-ring (bicyclic) bond motifs is 3. The number of nitrogens with zero attached hydrogens (tertiary/aromatic N) is 3. The molecular formula is C20H19N3O3. The molecule has 0 radical (unpaired) electrons. The number of aromatic hydroxyl groups is 1. The van der Waals surface area contributed by atoms with Crippen molar-refractivity contribution in [2.75, 3.05) is 13.7 Å². The van der Waals surface area contributed by atoms with Crippen LogP contribution in [0.15, 0.2) is 59.4 Å². The molecular weight excluding hydrogens is 330 g/mol. The van der Waals surface area contributed by atoms with Crippen molar-refractivity contribution in [3.05, 3.63) is 76.1 Å². The topological polar surface area (TPSA) is 68.8 Å². The van der Waals surface area contributed by atoms with Crippen LogP contribution < -0.4 is 5.56 Å². The molecule has 2 heterocycles. The summed E-state index contributed by atoms with van der Waals surface area (Å²) in [5, 5.41) is 10.8. The van der Waals surface area contributed by atoms with Crippen LogP contribution >= 0.6 is 0 Å². The van der Waals surface area contributed by atoms with Crippen molar-refractivity contribution in [3.8, 4) is 5.88 Å². The molecule has 4 aromatic rings. The lowest BCUT2D eigenvalue weighted by molar-refractivity contribution is 0.184. The van der Waals surface area contributed by atoms with E-state index in [1.54, 1.807) is 16.1 Å². The number of imidazole rings is 1. The second-order valence-corrected chi connectivity index (χ2v) is 6.15. The lowest BCUT2D eigenvalue weighted by Gasteiger charge is -2.14. The van der Waals surface area contributed by atoms with Crippen molar-refractivity contribution in [1.29, 1.82) is 0 Å². The van der Waals surface area contributed by atoms with Gasteiger partial charge in [-0.1, -0.05) is 42.5 Å². The molecule has 0 amide bonds. The minimum atomic E-state index is -0.247. The molecule has 0 aliphatic rings. The Morgan fingerprint density at radius 1 is 1.08 bits per heavy atom. The predicted molar refractivity (Wildman–Crippen MR) is 99.7 cm³/mol. The number of hydrogen-bond donors (Lipinski definition) is 1. The van der Waals surface area contributed by atoms with Gasteiger partial charge in [-0.3, -0.25) is 9.36 Å². The Bertz CT molecular complexity index is 1130. The number of benzene rings is 2. The Kier molecular flexibility index (Phi) is 4.18. The zero-order valence-corrected chi connectivity index (χ0v) is 14.4. The predicted octanol–water partition coefficient (Wildman–Crippen LogP) is 2.59. The summed E-state index contributed by atoms with van der Waals surface area (Å²) in [6.07, 6.45) is 0.348. The van der Waals surface area contributed by atoms with Crippen LogP contribution in [0.1, 0.15) is 11.1 Å². The maximum atomic E-state index is 13.2. The molecule has 26 heavy (non-hydrogen) atoms. The second kappa shape index (κ2) is 6.65. The van der Waals surface area contributed by atoms with Crippen molar-refractivity contribution >= 4 is 16.8 Å². The molecule has 4 rings (SSSR count). The van der Waals surface area contributed by atoms with Gasteiger partial charge in [-0.25, -0.2) is 9.38 Å². The highest BCUT2D eigenvalue weighted by molar-refractivity contribution is 5.79. The standard InChI is InChI=1S/C20H19N3O3/c1-26-12-11-22-18(24)15(13-14-7-3-2-4-8-14)19(25)23-17-10-6-5-9-16(17)21-20(22)23/h2-10,24H,11-13H2,1H3. The molecule has 0 bridgehead atoms. The van der Waals surface area contributed by atoms with Crippen molar-refractivity contribution < 1.29 is 9.84 Å². The first-order valence-electron chi connectivity index (χ1n) is 8.45. The monoisotopic (exact) mass is 349 g/mol. The zero-order chi connectivity index (χ0) is 18.1. The Labute approximate surface area is 149 Å². The van der Waals surface area contributed by atoms with Crippen molar-refractivity contribution in [3.63, 3.8) is 0 Å². The molecule has 0 unspecified atom stereocenters. The van der Waals surface area contributed by atoms with E-state index in [4.69, 9.17) is 4.74 Å². The van der Waals surface area contributed by atoms with Gasteiger partial charge in [0.2, 0.25) is 11.7 Å². The highest BCUT2D eigenvalue weighted by Crippen LogP contribution is 2.23. The fraction of sp³-hybridized carbons (Fsp3) is 0.200. The van der Waals surface area contributed by atoms with Crippen molar-refractivity contribution in [2.45, 2.75) is 13.0 Å². The maximum absolute atomic E-state index is 13.2. The average Bonchev–Trinajstić information content (AvgIpc) is 3.05. The van der Waals surface area contributed by atoms with E-state index < -0.39 is 0 Å². The minimum Gasteiger partial charge on any atom is -0.494 e. The number of para-hydroxylation sites is 2. The number of methoxy groups -OCH3 is 1. The summed E-state index contributed by atoms with van der Waals surface area (Å²) in [4.78, 5) is 17.7. The van der Waals surface area contributed by atoms with Crippen LogP contribution in [0.4, 0.5) is 0 Å². The van der Waals surface area contributed by atoms with Gasteiger partial charge in [-0.05, 0) is 17.7 Å². The summed E-state index contributed by atoms with van der Waals surface area (Å²) in [7, 11) is 1.60. The van der Waals surface area contributed by atoms with Gasteiger partial charge in [0.15, 0.2) is 0 Å². The number of ether oxygens (including phenoxy) is 1. The quantitative estimate of drug-likeness (QED) is 0.601. The van der Waals surface area contributed by atoms with Crippen LogP contribution in [0.25, 0.3) is 16.8 Å². The molecule has 0 saturated heterocycles. The summed E-state index contributed by atoms with van der Waals surface area (Å²) in [5.74, 6) is 0.362. The lowest BCUT2D eigenvalue weighted by atomic mass is 10.1. The van der Waals surface area contributed by atoms with E-state index in [9.17, 15) is 9.90 Å². The number of rotatable bonds is 5. The van der Waals surface area contributed by atoms with Gasteiger partial charge in [0.05, 0.1) is 29.7 Å². The normalized spacial score (nSPS) is 11.4. The molecule has 2 aromatic carbocycles. The third-order valence-electron chi connectivity index (χ3n) is 4.51. The van der Waals surface area contributed by atoms with Crippen LogP contribution in [0.2, 0.25) is 0 Å². The van der Waals surface area contributed by atoms with E-state index in [2.05, 4.69) is 4.98 Å². The van der Waals surface area contributed by atoms with Gasteiger partial charge in [0.25, 0.3) is 5.56 Å². The van der Waals surface area contributed by atoms with Crippen molar-refractivity contribution in [2.24, 2.45) is 0 Å². The first-order valence-corrected chi connectivity index (χ1v) is 8.45. The first kappa shape index (κ1) is 16.4. The van der Waals surface area contributed by atoms with E-state index in [1.807, 2.05) is 54.6 Å². The molecule has 0 aliphatic heterocycles. The molecule has 0 atom stereocenters. The summed E-state index contributed by atoms with van der Waals surface area (Å²) in [6.45, 7) is 0.803. The smallest absolute Gasteiger partial charge is 0.266 e. The third kappa shape index (κ3) is 2.64.